The molecule has 0 saturated carbocycles. The summed E-state index contributed by atoms with van der Waals surface area (Å²) in [5.41, 5.74) is 0.994. The van der Waals surface area contributed by atoms with Crippen molar-refractivity contribution in [3.63, 3.8) is 0 Å². The molecule has 1 aliphatic heterocycles. The Kier molecular flexibility index (Phi) is 5.69. The third-order valence-electron chi connectivity index (χ3n) is 4.59. The highest BCUT2D eigenvalue weighted by atomic mass is 19.1. The fourth-order valence-electron chi connectivity index (χ4n) is 3.03. The summed E-state index contributed by atoms with van der Waals surface area (Å²) in [5, 5.41) is 0. The van der Waals surface area contributed by atoms with Gasteiger partial charge in [-0.2, -0.15) is 0 Å². The molecule has 0 aliphatic carbocycles. The lowest BCUT2D eigenvalue weighted by atomic mass is 10.1. The number of rotatable bonds is 4. The molecule has 3 rings (SSSR count). The van der Waals surface area contributed by atoms with Crippen LogP contribution in [-0.2, 0) is 11.2 Å². The average Bonchev–Trinajstić information content (AvgIpc) is 2.69. The highest BCUT2D eigenvalue weighted by molar-refractivity contribution is 5.94. The number of hydrogen-bond acceptors (Lipinski definition) is 3. The number of ether oxygens (including phenoxy) is 1. The first kappa shape index (κ1) is 18.8. The second kappa shape index (κ2) is 8.16. The Bertz CT molecular complexity index is 832. The molecule has 2 aromatic carbocycles. The van der Waals surface area contributed by atoms with Gasteiger partial charge in [-0.25, -0.2) is 8.78 Å². The molecule has 2 aromatic rings. The SMILES string of the molecule is COc1ccc(C(=O)N2CCN(C(=O)Cc3ccc(F)cc3)CC2)cc1F. The monoisotopic (exact) mass is 374 g/mol. The van der Waals surface area contributed by atoms with Crippen molar-refractivity contribution in [3.8, 4) is 5.75 Å². The van der Waals surface area contributed by atoms with Crippen molar-refractivity contribution in [1.82, 2.24) is 9.80 Å². The maximum atomic E-state index is 13.8. The molecule has 0 spiro atoms. The van der Waals surface area contributed by atoms with E-state index in [1.807, 2.05) is 0 Å². The predicted octanol–water partition coefficient (Wildman–Crippen LogP) is 2.50. The standard InChI is InChI=1S/C20H20F2N2O3/c1-27-18-7-4-15(13-17(18)22)20(26)24-10-8-23(9-11-24)19(25)12-14-2-5-16(21)6-3-14/h2-7,13H,8-12H2,1H3. The second-order valence-electron chi connectivity index (χ2n) is 6.33. The Morgan fingerprint density at radius 3 is 2.19 bits per heavy atom. The molecular formula is C20H20F2N2O3. The number of methoxy groups -OCH3 is 1. The van der Waals surface area contributed by atoms with Gasteiger partial charge >= 0.3 is 0 Å². The largest absolute Gasteiger partial charge is 0.494 e. The Balaban J connectivity index is 1.56. The van der Waals surface area contributed by atoms with Crippen molar-refractivity contribution in [2.45, 2.75) is 6.42 Å². The smallest absolute Gasteiger partial charge is 0.254 e. The normalized spacial score (nSPS) is 14.2. The Labute approximate surface area is 156 Å². The van der Waals surface area contributed by atoms with Gasteiger partial charge in [0.05, 0.1) is 13.5 Å². The Morgan fingerprint density at radius 1 is 0.963 bits per heavy atom. The molecule has 0 radical (unpaired) electrons. The first-order valence-electron chi connectivity index (χ1n) is 8.63. The number of piperazine rings is 1. The molecular weight excluding hydrogens is 354 g/mol. The zero-order valence-electron chi connectivity index (χ0n) is 15.0. The van der Waals surface area contributed by atoms with Crippen LogP contribution in [0.3, 0.4) is 0 Å². The van der Waals surface area contributed by atoms with E-state index in [1.165, 1.54) is 31.4 Å². The Hall–Kier alpha value is -2.96. The van der Waals surface area contributed by atoms with Crippen molar-refractivity contribution in [2.24, 2.45) is 0 Å². The second-order valence-corrected chi connectivity index (χ2v) is 6.33. The van der Waals surface area contributed by atoms with Crippen molar-refractivity contribution in [3.05, 3.63) is 65.2 Å². The summed E-state index contributed by atoms with van der Waals surface area (Å²) >= 11 is 0. The Morgan fingerprint density at radius 2 is 1.59 bits per heavy atom. The third-order valence-corrected chi connectivity index (χ3v) is 4.59. The lowest BCUT2D eigenvalue weighted by molar-refractivity contribution is -0.131. The van der Waals surface area contributed by atoms with Crippen molar-refractivity contribution in [1.29, 1.82) is 0 Å². The van der Waals surface area contributed by atoms with E-state index in [0.717, 1.165) is 11.6 Å². The van der Waals surface area contributed by atoms with Gasteiger partial charge in [0, 0.05) is 31.7 Å². The van der Waals surface area contributed by atoms with Gasteiger partial charge in [0.25, 0.3) is 5.91 Å². The highest BCUT2D eigenvalue weighted by Crippen LogP contribution is 2.19. The van der Waals surface area contributed by atoms with Crippen LogP contribution < -0.4 is 4.74 Å². The van der Waals surface area contributed by atoms with Crippen LogP contribution in [-0.4, -0.2) is 54.9 Å². The van der Waals surface area contributed by atoms with Gasteiger partial charge in [-0.15, -0.1) is 0 Å². The van der Waals surface area contributed by atoms with Gasteiger partial charge in [-0.1, -0.05) is 12.1 Å². The van der Waals surface area contributed by atoms with Crippen molar-refractivity contribution in [2.75, 3.05) is 33.3 Å². The minimum atomic E-state index is -0.587. The first-order chi connectivity index (χ1) is 13.0. The van der Waals surface area contributed by atoms with E-state index in [2.05, 4.69) is 0 Å². The zero-order chi connectivity index (χ0) is 19.4. The zero-order valence-corrected chi connectivity index (χ0v) is 15.0. The lowest BCUT2D eigenvalue weighted by Crippen LogP contribution is -2.51. The van der Waals surface area contributed by atoms with E-state index in [-0.39, 0.29) is 35.4 Å². The average molecular weight is 374 g/mol. The molecule has 142 valence electrons. The van der Waals surface area contributed by atoms with Gasteiger partial charge in [-0.3, -0.25) is 9.59 Å². The molecule has 7 heteroatoms. The van der Waals surface area contributed by atoms with E-state index >= 15 is 0 Å². The molecule has 1 heterocycles. The lowest BCUT2D eigenvalue weighted by Gasteiger charge is -2.35. The number of amides is 2. The van der Waals surface area contributed by atoms with Gasteiger partial charge < -0.3 is 14.5 Å². The van der Waals surface area contributed by atoms with Gasteiger partial charge in [-0.05, 0) is 35.9 Å². The van der Waals surface area contributed by atoms with Crippen LogP contribution in [0.4, 0.5) is 8.78 Å². The van der Waals surface area contributed by atoms with E-state index < -0.39 is 5.82 Å². The van der Waals surface area contributed by atoms with Crippen LogP contribution in [0.1, 0.15) is 15.9 Å². The number of carbonyl (C=O) groups excluding carboxylic acids is 2. The van der Waals surface area contributed by atoms with Crippen LogP contribution in [0.5, 0.6) is 5.75 Å². The summed E-state index contributed by atoms with van der Waals surface area (Å²) in [4.78, 5) is 28.2. The molecule has 1 fully saturated rings. The van der Waals surface area contributed by atoms with Crippen LogP contribution in [0.15, 0.2) is 42.5 Å². The molecule has 1 saturated heterocycles. The fourth-order valence-corrected chi connectivity index (χ4v) is 3.03. The summed E-state index contributed by atoms with van der Waals surface area (Å²) < 4.78 is 31.6. The van der Waals surface area contributed by atoms with Crippen LogP contribution in [0.25, 0.3) is 0 Å². The van der Waals surface area contributed by atoms with Crippen molar-refractivity contribution >= 4 is 11.8 Å². The molecule has 2 amide bonds. The van der Waals surface area contributed by atoms with E-state index in [1.54, 1.807) is 21.9 Å². The maximum absolute atomic E-state index is 13.8. The van der Waals surface area contributed by atoms with Gasteiger partial charge in [0.2, 0.25) is 5.91 Å². The van der Waals surface area contributed by atoms with Gasteiger partial charge in [0.1, 0.15) is 5.82 Å². The molecule has 0 unspecified atom stereocenters. The molecule has 1 aliphatic rings. The molecule has 5 nitrogen and oxygen atoms in total. The first-order valence-corrected chi connectivity index (χ1v) is 8.63. The quantitative estimate of drug-likeness (QED) is 0.826. The summed E-state index contributed by atoms with van der Waals surface area (Å²) in [7, 11) is 1.36. The summed E-state index contributed by atoms with van der Waals surface area (Å²) in [6.45, 7) is 1.57. The summed E-state index contributed by atoms with van der Waals surface area (Å²) in [6, 6.07) is 9.94. The van der Waals surface area contributed by atoms with E-state index in [0.29, 0.717) is 26.2 Å². The molecule has 0 N–H and O–H groups in total. The third kappa shape index (κ3) is 4.42. The number of nitrogens with zero attached hydrogens (tertiary/aromatic N) is 2. The van der Waals surface area contributed by atoms with Crippen LogP contribution in [0, 0.1) is 11.6 Å². The van der Waals surface area contributed by atoms with E-state index in [4.69, 9.17) is 4.74 Å². The van der Waals surface area contributed by atoms with Gasteiger partial charge in [0.15, 0.2) is 11.6 Å². The molecule has 0 bridgehead atoms. The minimum Gasteiger partial charge on any atom is -0.494 e. The molecule has 0 aromatic heterocycles. The number of hydrogen-bond donors (Lipinski definition) is 0. The van der Waals surface area contributed by atoms with Crippen LogP contribution >= 0.6 is 0 Å². The molecule has 0 atom stereocenters. The number of benzene rings is 2. The summed E-state index contributed by atoms with van der Waals surface area (Å²) in [5.74, 6) is -1.18. The topological polar surface area (TPSA) is 49.9 Å². The number of carbonyl (C=O) groups is 2. The summed E-state index contributed by atoms with van der Waals surface area (Å²) in [6.07, 6.45) is 0.192. The number of halogens is 2. The van der Waals surface area contributed by atoms with Crippen LogP contribution in [0.2, 0.25) is 0 Å². The highest BCUT2D eigenvalue weighted by Gasteiger charge is 2.25. The predicted molar refractivity (Wildman–Crippen MR) is 95.5 cm³/mol. The molecule has 27 heavy (non-hydrogen) atoms. The minimum absolute atomic E-state index is 0.0656. The van der Waals surface area contributed by atoms with Crippen molar-refractivity contribution < 1.29 is 23.1 Å². The van der Waals surface area contributed by atoms with E-state index in [9.17, 15) is 18.4 Å². The maximum Gasteiger partial charge on any atom is 0.254 e. The fraction of sp³-hybridized carbons (Fsp3) is 0.300.